The van der Waals surface area contributed by atoms with E-state index in [2.05, 4.69) is 5.32 Å². The molecule has 4 nitrogen and oxygen atoms in total. The van der Waals surface area contributed by atoms with Crippen molar-refractivity contribution in [2.24, 2.45) is 5.41 Å². The first-order valence-electron chi connectivity index (χ1n) is 8.82. The minimum absolute atomic E-state index is 0.0687. The average Bonchev–Trinajstić information content (AvgIpc) is 3.00. The molecule has 1 aromatic heterocycles. The number of amides is 1. The summed E-state index contributed by atoms with van der Waals surface area (Å²) in [6.07, 6.45) is 0. The average molecular weight is 407 g/mol. The standard InChI is InChI=1S/C21H21ClF2N2O2/c1-21(2,12-27)11-25-20(28)19-9-14-8-15(22)4-6-18(14)26(19)10-13-3-5-16(23)17(24)7-13/h3-9,27H,10-12H2,1-2H3,(H,25,28). The zero-order valence-electron chi connectivity index (χ0n) is 15.6. The van der Waals surface area contributed by atoms with Gasteiger partial charge in [-0.05, 0) is 42.0 Å². The van der Waals surface area contributed by atoms with E-state index in [0.29, 0.717) is 16.3 Å². The van der Waals surface area contributed by atoms with E-state index in [1.807, 2.05) is 13.8 Å². The first-order chi connectivity index (χ1) is 13.2. The van der Waals surface area contributed by atoms with E-state index >= 15 is 0 Å². The van der Waals surface area contributed by atoms with Gasteiger partial charge in [0.2, 0.25) is 0 Å². The third kappa shape index (κ3) is 4.34. The lowest BCUT2D eigenvalue weighted by Crippen LogP contribution is -2.36. The third-order valence-corrected chi connectivity index (χ3v) is 4.81. The predicted molar refractivity (Wildman–Crippen MR) is 106 cm³/mol. The molecule has 0 saturated carbocycles. The Morgan fingerprint density at radius 3 is 2.57 bits per heavy atom. The molecule has 0 bridgehead atoms. The summed E-state index contributed by atoms with van der Waals surface area (Å²) in [5, 5.41) is 13.5. The summed E-state index contributed by atoms with van der Waals surface area (Å²) in [7, 11) is 0. The van der Waals surface area contributed by atoms with Gasteiger partial charge in [-0.15, -0.1) is 0 Å². The summed E-state index contributed by atoms with van der Waals surface area (Å²) in [6, 6.07) is 10.6. The van der Waals surface area contributed by atoms with Crippen LogP contribution >= 0.6 is 11.6 Å². The molecule has 0 saturated heterocycles. The number of benzene rings is 2. The number of fused-ring (bicyclic) bond motifs is 1. The first kappa shape index (κ1) is 20.3. The number of carbonyl (C=O) groups excluding carboxylic acids is 1. The van der Waals surface area contributed by atoms with Gasteiger partial charge in [-0.2, -0.15) is 0 Å². The Labute approximate surface area is 166 Å². The highest BCUT2D eigenvalue weighted by Gasteiger charge is 2.21. The summed E-state index contributed by atoms with van der Waals surface area (Å²) in [4.78, 5) is 12.8. The lowest BCUT2D eigenvalue weighted by Gasteiger charge is -2.22. The van der Waals surface area contributed by atoms with E-state index in [1.165, 1.54) is 6.07 Å². The molecule has 0 aliphatic carbocycles. The van der Waals surface area contributed by atoms with Crippen molar-refractivity contribution in [1.29, 1.82) is 0 Å². The normalized spacial score (nSPS) is 11.8. The molecule has 3 rings (SSSR count). The molecular formula is C21H21ClF2N2O2. The minimum Gasteiger partial charge on any atom is -0.396 e. The highest BCUT2D eigenvalue weighted by molar-refractivity contribution is 6.31. The van der Waals surface area contributed by atoms with Crippen molar-refractivity contribution in [2.45, 2.75) is 20.4 Å². The van der Waals surface area contributed by atoms with Crippen molar-refractivity contribution >= 4 is 28.4 Å². The molecule has 28 heavy (non-hydrogen) atoms. The van der Waals surface area contributed by atoms with Crippen LogP contribution in [0.5, 0.6) is 0 Å². The Balaban J connectivity index is 2.00. The minimum atomic E-state index is -0.937. The lowest BCUT2D eigenvalue weighted by atomic mass is 9.95. The SMILES string of the molecule is CC(C)(CO)CNC(=O)c1cc2cc(Cl)ccc2n1Cc1ccc(F)c(F)c1. The van der Waals surface area contributed by atoms with Crippen molar-refractivity contribution in [3.63, 3.8) is 0 Å². The van der Waals surface area contributed by atoms with Gasteiger partial charge in [-0.1, -0.05) is 31.5 Å². The number of nitrogens with one attached hydrogen (secondary N) is 1. The second kappa shape index (κ2) is 7.89. The van der Waals surface area contributed by atoms with Crippen molar-refractivity contribution in [3.8, 4) is 0 Å². The molecule has 0 aliphatic heterocycles. The van der Waals surface area contributed by atoms with Crippen LogP contribution in [0.25, 0.3) is 10.9 Å². The van der Waals surface area contributed by atoms with Crippen molar-refractivity contribution < 1.29 is 18.7 Å². The number of aromatic nitrogens is 1. The Kier molecular flexibility index (Phi) is 5.72. The second-order valence-electron chi connectivity index (χ2n) is 7.57. The number of aliphatic hydroxyl groups is 1. The summed E-state index contributed by atoms with van der Waals surface area (Å²) < 4.78 is 28.6. The maximum absolute atomic E-state index is 13.6. The van der Waals surface area contributed by atoms with Gasteiger partial charge in [0.15, 0.2) is 11.6 Å². The van der Waals surface area contributed by atoms with Crippen LogP contribution in [0.4, 0.5) is 8.78 Å². The Bertz CT molecular complexity index is 1030. The van der Waals surface area contributed by atoms with Crippen molar-refractivity contribution in [1.82, 2.24) is 9.88 Å². The smallest absolute Gasteiger partial charge is 0.267 e. The van der Waals surface area contributed by atoms with Gasteiger partial charge in [0.25, 0.3) is 5.91 Å². The van der Waals surface area contributed by atoms with E-state index in [4.69, 9.17) is 11.6 Å². The highest BCUT2D eigenvalue weighted by atomic mass is 35.5. The van der Waals surface area contributed by atoms with Crippen LogP contribution in [-0.4, -0.2) is 28.7 Å². The van der Waals surface area contributed by atoms with Gasteiger partial charge in [0.1, 0.15) is 5.69 Å². The number of halogens is 3. The van der Waals surface area contributed by atoms with Gasteiger partial charge in [0.05, 0.1) is 0 Å². The molecule has 2 N–H and O–H groups in total. The van der Waals surface area contributed by atoms with E-state index in [9.17, 15) is 18.7 Å². The first-order valence-corrected chi connectivity index (χ1v) is 9.20. The van der Waals surface area contributed by atoms with Gasteiger partial charge in [-0.25, -0.2) is 8.78 Å². The van der Waals surface area contributed by atoms with E-state index in [1.54, 1.807) is 28.8 Å². The van der Waals surface area contributed by atoms with Crippen LogP contribution in [0.15, 0.2) is 42.5 Å². The molecule has 0 fully saturated rings. The maximum atomic E-state index is 13.6. The Hall–Kier alpha value is -2.44. The summed E-state index contributed by atoms with van der Waals surface area (Å²) in [6.45, 7) is 4.08. The fraction of sp³-hybridized carbons (Fsp3) is 0.286. The summed E-state index contributed by atoms with van der Waals surface area (Å²) in [5.74, 6) is -2.18. The van der Waals surface area contributed by atoms with Crippen LogP contribution in [0.3, 0.4) is 0 Å². The second-order valence-corrected chi connectivity index (χ2v) is 8.01. The van der Waals surface area contributed by atoms with E-state index in [-0.39, 0.29) is 25.6 Å². The zero-order chi connectivity index (χ0) is 20.5. The molecule has 3 aromatic rings. The van der Waals surface area contributed by atoms with E-state index in [0.717, 1.165) is 23.0 Å². The number of nitrogens with zero attached hydrogens (tertiary/aromatic N) is 1. The molecule has 0 unspecified atom stereocenters. The Morgan fingerprint density at radius 1 is 1.14 bits per heavy atom. The largest absolute Gasteiger partial charge is 0.396 e. The molecule has 0 spiro atoms. The van der Waals surface area contributed by atoms with Gasteiger partial charge < -0.3 is 15.0 Å². The molecule has 2 aromatic carbocycles. The van der Waals surface area contributed by atoms with Gasteiger partial charge >= 0.3 is 0 Å². The van der Waals surface area contributed by atoms with E-state index < -0.39 is 17.0 Å². The molecule has 148 valence electrons. The van der Waals surface area contributed by atoms with Crippen LogP contribution in [-0.2, 0) is 6.54 Å². The highest BCUT2D eigenvalue weighted by Crippen LogP contribution is 2.25. The molecule has 7 heteroatoms. The third-order valence-electron chi connectivity index (χ3n) is 4.58. The summed E-state index contributed by atoms with van der Waals surface area (Å²) in [5.41, 5.74) is 1.18. The van der Waals surface area contributed by atoms with Gasteiger partial charge in [0, 0.05) is 41.0 Å². The number of aliphatic hydroxyl groups excluding tert-OH is 1. The maximum Gasteiger partial charge on any atom is 0.267 e. The molecular weight excluding hydrogens is 386 g/mol. The Morgan fingerprint density at radius 2 is 1.89 bits per heavy atom. The monoisotopic (exact) mass is 406 g/mol. The fourth-order valence-corrected chi connectivity index (χ4v) is 3.07. The van der Waals surface area contributed by atoms with Crippen LogP contribution in [0, 0.1) is 17.0 Å². The zero-order valence-corrected chi connectivity index (χ0v) is 16.4. The van der Waals surface area contributed by atoms with Crippen molar-refractivity contribution in [3.05, 3.63) is 70.4 Å². The molecule has 1 heterocycles. The molecule has 0 radical (unpaired) electrons. The van der Waals surface area contributed by atoms with Crippen LogP contribution in [0.1, 0.15) is 29.9 Å². The molecule has 0 aliphatic rings. The number of carbonyl (C=O) groups is 1. The molecule has 0 atom stereocenters. The fourth-order valence-electron chi connectivity index (χ4n) is 2.89. The number of hydrogen-bond donors (Lipinski definition) is 2. The summed E-state index contributed by atoms with van der Waals surface area (Å²) >= 11 is 6.07. The lowest BCUT2D eigenvalue weighted by molar-refractivity contribution is 0.0903. The van der Waals surface area contributed by atoms with Crippen molar-refractivity contribution in [2.75, 3.05) is 13.2 Å². The quantitative estimate of drug-likeness (QED) is 0.638. The van der Waals surface area contributed by atoms with Gasteiger partial charge in [-0.3, -0.25) is 4.79 Å². The molecule has 1 amide bonds. The topological polar surface area (TPSA) is 54.3 Å². The number of rotatable bonds is 6. The van der Waals surface area contributed by atoms with Crippen LogP contribution < -0.4 is 5.32 Å². The van der Waals surface area contributed by atoms with Crippen LogP contribution in [0.2, 0.25) is 5.02 Å². The predicted octanol–water partition coefficient (Wildman–Crippen LogP) is 4.37. The number of hydrogen-bond acceptors (Lipinski definition) is 2.